The van der Waals surface area contributed by atoms with Crippen molar-refractivity contribution in [3.8, 4) is 0 Å². The summed E-state index contributed by atoms with van der Waals surface area (Å²) in [6, 6.07) is 0. The van der Waals surface area contributed by atoms with Crippen LogP contribution in [0.15, 0.2) is 0 Å². The monoisotopic (exact) mass is 376 g/mol. The van der Waals surface area contributed by atoms with Crippen molar-refractivity contribution in [2.45, 2.75) is 83.0 Å². The molecule has 1 N–H and O–H groups in total. The highest BCUT2D eigenvalue weighted by molar-refractivity contribution is 7.99. The van der Waals surface area contributed by atoms with Gasteiger partial charge >= 0.3 is 17.9 Å². The topological polar surface area (TPSA) is 99.1 Å². The van der Waals surface area contributed by atoms with Crippen molar-refractivity contribution in [1.29, 1.82) is 0 Å². The van der Waals surface area contributed by atoms with E-state index in [0.717, 1.165) is 11.8 Å². The lowest BCUT2D eigenvalue weighted by atomic mass is 10.1. The Morgan fingerprint density at radius 3 is 1.76 bits per heavy atom. The molecule has 1 aliphatic heterocycles. The highest BCUT2D eigenvalue weighted by Crippen LogP contribution is 2.31. The minimum absolute atomic E-state index is 0.198. The van der Waals surface area contributed by atoms with Gasteiger partial charge in [-0.15, -0.1) is 11.8 Å². The maximum absolute atomic E-state index is 11.9. The fourth-order valence-electron chi connectivity index (χ4n) is 2.39. The number of thioether (sulfide) groups is 1. The summed E-state index contributed by atoms with van der Waals surface area (Å²) in [4.78, 5) is 35.6. The number of aliphatic hydroxyl groups excluding tert-OH is 1. The molecule has 7 nitrogen and oxygen atoms in total. The van der Waals surface area contributed by atoms with E-state index in [4.69, 9.17) is 14.2 Å². The lowest BCUT2D eigenvalue weighted by Gasteiger charge is -2.38. The van der Waals surface area contributed by atoms with Crippen LogP contribution in [0.4, 0.5) is 0 Å². The summed E-state index contributed by atoms with van der Waals surface area (Å²) in [5, 5.41) is 10.2. The summed E-state index contributed by atoms with van der Waals surface area (Å²) >= 11 is 1.11. The van der Waals surface area contributed by atoms with E-state index in [0.29, 0.717) is 19.3 Å². The molecule has 0 radical (unpaired) electrons. The normalized spacial score (nSPS) is 25.9. The molecule has 0 bridgehead atoms. The fourth-order valence-corrected chi connectivity index (χ4v) is 3.43. The zero-order valence-electron chi connectivity index (χ0n) is 15.1. The van der Waals surface area contributed by atoms with Crippen LogP contribution in [-0.2, 0) is 28.6 Å². The van der Waals surface area contributed by atoms with Crippen LogP contribution in [0.5, 0.6) is 0 Å². The van der Waals surface area contributed by atoms with E-state index in [2.05, 4.69) is 0 Å². The van der Waals surface area contributed by atoms with Crippen molar-refractivity contribution in [3.05, 3.63) is 0 Å². The molecule has 0 aliphatic carbocycles. The minimum Gasteiger partial charge on any atom is -0.457 e. The van der Waals surface area contributed by atoms with Gasteiger partial charge < -0.3 is 19.3 Å². The van der Waals surface area contributed by atoms with Crippen LogP contribution in [0, 0.1) is 0 Å². The number of rotatable bonds is 9. The second-order valence-corrected chi connectivity index (χ2v) is 7.06. The van der Waals surface area contributed by atoms with Gasteiger partial charge in [0.05, 0.1) is 0 Å². The number of esters is 3. The van der Waals surface area contributed by atoms with E-state index in [1.54, 1.807) is 0 Å². The highest BCUT2D eigenvalue weighted by atomic mass is 32.2. The van der Waals surface area contributed by atoms with Crippen LogP contribution < -0.4 is 0 Å². The van der Waals surface area contributed by atoms with Gasteiger partial charge in [0.25, 0.3) is 0 Å². The van der Waals surface area contributed by atoms with Gasteiger partial charge in [-0.25, -0.2) is 0 Å². The Bertz CT molecular complexity index is 454. The van der Waals surface area contributed by atoms with Crippen molar-refractivity contribution in [2.75, 3.05) is 5.75 Å². The number of hydrogen-bond acceptors (Lipinski definition) is 8. The van der Waals surface area contributed by atoms with E-state index in [9.17, 15) is 19.5 Å². The lowest BCUT2D eigenvalue weighted by molar-refractivity contribution is -0.190. The van der Waals surface area contributed by atoms with E-state index >= 15 is 0 Å². The molecule has 8 heteroatoms. The van der Waals surface area contributed by atoms with Crippen LogP contribution in [-0.4, -0.2) is 52.5 Å². The summed E-state index contributed by atoms with van der Waals surface area (Å²) in [5.41, 5.74) is -1.04. The Balaban J connectivity index is 2.91. The van der Waals surface area contributed by atoms with Gasteiger partial charge in [-0.2, -0.15) is 0 Å². The molecule has 144 valence electrons. The summed E-state index contributed by atoms with van der Waals surface area (Å²) in [7, 11) is 0. The molecule has 4 atom stereocenters. The smallest absolute Gasteiger partial charge is 0.306 e. The molecule has 0 spiro atoms. The molecule has 1 heterocycles. The summed E-state index contributed by atoms with van der Waals surface area (Å²) in [6.07, 6.45) is -0.333. The number of hydrogen-bond donors (Lipinski definition) is 1. The lowest BCUT2D eigenvalue weighted by Crippen LogP contribution is -2.54. The van der Waals surface area contributed by atoms with E-state index in [1.165, 1.54) is 0 Å². The first kappa shape index (κ1) is 21.8. The van der Waals surface area contributed by atoms with Crippen molar-refractivity contribution < 1.29 is 33.7 Å². The molecule has 0 unspecified atom stereocenters. The summed E-state index contributed by atoms with van der Waals surface area (Å²) in [5.74, 6) is -1.09. The maximum atomic E-state index is 11.9. The third-order valence-corrected chi connectivity index (χ3v) is 4.71. The highest BCUT2D eigenvalue weighted by Gasteiger charge is 2.46. The molecule has 0 aromatic heterocycles. The van der Waals surface area contributed by atoms with Crippen LogP contribution in [0.1, 0.15) is 59.3 Å². The third kappa shape index (κ3) is 7.23. The Hall–Kier alpha value is -1.28. The molecular weight excluding hydrogens is 348 g/mol. The van der Waals surface area contributed by atoms with Gasteiger partial charge in [0.1, 0.15) is 5.44 Å². The third-order valence-electron chi connectivity index (χ3n) is 3.58. The van der Waals surface area contributed by atoms with Crippen molar-refractivity contribution in [2.24, 2.45) is 0 Å². The van der Waals surface area contributed by atoms with Crippen molar-refractivity contribution in [3.63, 3.8) is 0 Å². The SMILES string of the molecule is CCCC(=O)O[C@@H]1[C@@H](OC(=O)CCC)[C@H](OC(=O)CCC)CS[C@H]1O. The number of carbonyl (C=O) groups excluding carboxylic acids is 3. The van der Waals surface area contributed by atoms with Gasteiger partial charge in [-0.3, -0.25) is 14.4 Å². The number of aliphatic hydroxyl groups is 1. The van der Waals surface area contributed by atoms with Gasteiger partial charge in [0.2, 0.25) is 0 Å². The fraction of sp³-hybridized carbons (Fsp3) is 0.824. The maximum Gasteiger partial charge on any atom is 0.306 e. The molecule has 25 heavy (non-hydrogen) atoms. The molecule has 1 saturated heterocycles. The van der Waals surface area contributed by atoms with Gasteiger partial charge in [-0.1, -0.05) is 20.8 Å². The van der Waals surface area contributed by atoms with Crippen LogP contribution in [0.3, 0.4) is 0 Å². The molecule has 0 aromatic rings. The molecule has 1 rings (SSSR count). The van der Waals surface area contributed by atoms with Crippen molar-refractivity contribution in [1.82, 2.24) is 0 Å². The van der Waals surface area contributed by atoms with Gasteiger partial charge in [0.15, 0.2) is 18.3 Å². The predicted molar refractivity (Wildman–Crippen MR) is 92.8 cm³/mol. The second-order valence-electron chi connectivity index (χ2n) is 5.91. The first-order chi connectivity index (χ1) is 11.9. The average Bonchev–Trinajstić information content (AvgIpc) is 2.54. The molecule has 1 aliphatic rings. The molecule has 0 aromatic carbocycles. The molecular formula is C17H28O7S. The van der Waals surface area contributed by atoms with Crippen LogP contribution >= 0.6 is 11.8 Å². The van der Waals surface area contributed by atoms with E-state index in [-0.39, 0.29) is 25.0 Å². The minimum atomic E-state index is -1.06. The summed E-state index contributed by atoms with van der Waals surface area (Å²) < 4.78 is 16.2. The quantitative estimate of drug-likeness (QED) is 0.483. The van der Waals surface area contributed by atoms with E-state index < -0.39 is 41.7 Å². The first-order valence-electron chi connectivity index (χ1n) is 8.80. The molecule has 0 amide bonds. The van der Waals surface area contributed by atoms with Gasteiger partial charge in [-0.05, 0) is 19.3 Å². The Morgan fingerprint density at radius 1 is 0.840 bits per heavy atom. The number of carbonyl (C=O) groups is 3. The van der Waals surface area contributed by atoms with Crippen molar-refractivity contribution >= 4 is 29.7 Å². The zero-order chi connectivity index (χ0) is 18.8. The number of ether oxygens (including phenoxy) is 3. The zero-order valence-corrected chi connectivity index (χ0v) is 15.9. The first-order valence-corrected chi connectivity index (χ1v) is 9.85. The largest absolute Gasteiger partial charge is 0.457 e. The predicted octanol–water partition coefficient (Wildman–Crippen LogP) is 2.19. The van der Waals surface area contributed by atoms with Crippen LogP contribution in [0.2, 0.25) is 0 Å². The van der Waals surface area contributed by atoms with E-state index in [1.807, 2.05) is 20.8 Å². The Labute approximate surface area is 152 Å². The summed E-state index contributed by atoms with van der Waals surface area (Å²) in [6.45, 7) is 5.53. The average molecular weight is 376 g/mol. The standard InChI is InChI=1S/C17H28O7S/c1-4-7-12(18)22-11-10-25-17(21)16(24-14(20)9-6-3)15(11)23-13(19)8-5-2/h11,15-17,21H,4-10H2,1-3H3/t11-,15+,16-,17-/m1/s1. The Kier molecular flexibility index (Phi) is 9.89. The van der Waals surface area contributed by atoms with Gasteiger partial charge in [0, 0.05) is 25.0 Å². The molecule has 1 fully saturated rings. The Morgan fingerprint density at radius 2 is 1.28 bits per heavy atom. The van der Waals surface area contributed by atoms with Crippen LogP contribution in [0.25, 0.3) is 0 Å². The second kappa shape index (κ2) is 11.4. The molecule has 0 saturated carbocycles.